The first kappa shape index (κ1) is 18.6. The highest BCUT2D eigenvalue weighted by molar-refractivity contribution is 7.22. The van der Waals surface area contributed by atoms with Gasteiger partial charge >= 0.3 is 0 Å². The smallest absolute Gasteiger partial charge is 0.229 e. The summed E-state index contributed by atoms with van der Waals surface area (Å²) >= 11 is 1.46. The van der Waals surface area contributed by atoms with Gasteiger partial charge in [0.1, 0.15) is 12.1 Å². The molecule has 8 nitrogen and oxygen atoms in total. The zero-order chi connectivity index (χ0) is 20.5. The molecule has 0 aliphatic carbocycles. The lowest BCUT2D eigenvalue weighted by atomic mass is 9.97. The standard InChI is InChI=1S/C20H18FN7OS/c21-14-3-8-17-18(10-14)30-20(24-17)27-9-1-2-13(11-27)19(29)23-15-4-6-16(7-5-15)28-12-22-25-26-28/h3-8,10,12-13H,1-2,9,11H2,(H,23,29). The highest BCUT2D eigenvalue weighted by atomic mass is 32.1. The number of hydrogen-bond donors (Lipinski definition) is 1. The van der Waals surface area contributed by atoms with E-state index in [0.717, 1.165) is 46.1 Å². The first-order valence-electron chi connectivity index (χ1n) is 9.61. The number of anilines is 2. The van der Waals surface area contributed by atoms with Gasteiger partial charge in [0.05, 0.1) is 21.8 Å². The second-order valence-corrected chi connectivity index (χ2v) is 8.19. The van der Waals surface area contributed by atoms with E-state index < -0.39 is 0 Å². The molecule has 1 saturated heterocycles. The fourth-order valence-electron chi connectivity index (χ4n) is 3.61. The summed E-state index contributed by atoms with van der Waals surface area (Å²) in [7, 11) is 0. The Labute approximate surface area is 175 Å². The second-order valence-electron chi connectivity index (χ2n) is 7.18. The molecule has 2 aromatic carbocycles. The van der Waals surface area contributed by atoms with Gasteiger partial charge in [-0.25, -0.2) is 14.1 Å². The van der Waals surface area contributed by atoms with E-state index in [1.807, 2.05) is 24.3 Å². The van der Waals surface area contributed by atoms with Crippen molar-refractivity contribution < 1.29 is 9.18 Å². The number of carbonyl (C=O) groups is 1. The summed E-state index contributed by atoms with van der Waals surface area (Å²) in [5, 5.41) is 14.9. The van der Waals surface area contributed by atoms with Gasteiger partial charge in [-0.15, -0.1) is 5.10 Å². The predicted molar refractivity (Wildman–Crippen MR) is 112 cm³/mol. The third kappa shape index (κ3) is 3.73. The average molecular weight is 423 g/mol. The fourth-order valence-corrected chi connectivity index (χ4v) is 4.63. The van der Waals surface area contributed by atoms with Gasteiger partial charge in [0, 0.05) is 18.8 Å². The van der Waals surface area contributed by atoms with Crippen LogP contribution in [0.25, 0.3) is 15.9 Å². The maximum absolute atomic E-state index is 13.5. The highest BCUT2D eigenvalue weighted by Gasteiger charge is 2.27. The van der Waals surface area contributed by atoms with Crippen LogP contribution in [0.4, 0.5) is 15.2 Å². The minimum atomic E-state index is -0.264. The zero-order valence-electron chi connectivity index (χ0n) is 15.9. The summed E-state index contributed by atoms with van der Waals surface area (Å²) in [5.41, 5.74) is 2.32. The van der Waals surface area contributed by atoms with Crippen LogP contribution in [0, 0.1) is 11.7 Å². The van der Waals surface area contributed by atoms with E-state index >= 15 is 0 Å². The number of halogens is 1. The van der Waals surface area contributed by atoms with Crippen LogP contribution in [0.3, 0.4) is 0 Å². The van der Waals surface area contributed by atoms with E-state index in [1.165, 1.54) is 29.8 Å². The summed E-state index contributed by atoms with van der Waals surface area (Å²) in [6, 6.07) is 12.0. The van der Waals surface area contributed by atoms with Gasteiger partial charge < -0.3 is 10.2 Å². The summed E-state index contributed by atoms with van der Waals surface area (Å²) < 4.78 is 15.8. The molecule has 2 aromatic heterocycles. The maximum atomic E-state index is 13.5. The second kappa shape index (κ2) is 7.79. The Hall–Kier alpha value is -3.40. The summed E-state index contributed by atoms with van der Waals surface area (Å²) in [6.45, 7) is 1.43. The van der Waals surface area contributed by atoms with Crippen LogP contribution in [-0.4, -0.2) is 44.2 Å². The SMILES string of the molecule is O=C(Nc1ccc(-n2cnnn2)cc1)C1CCCN(c2nc3ccc(F)cc3s2)C1. The van der Waals surface area contributed by atoms with Gasteiger partial charge in [-0.2, -0.15) is 0 Å². The summed E-state index contributed by atoms with van der Waals surface area (Å²) in [4.78, 5) is 19.6. The molecule has 30 heavy (non-hydrogen) atoms. The van der Waals surface area contributed by atoms with Crippen LogP contribution in [0.1, 0.15) is 12.8 Å². The van der Waals surface area contributed by atoms with E-state index in [1.54, 1.807) is 10.7 Å². The number of rotatable bonds is 4. The van der Waals surface area contributed by atoms with Crippen molar-refractivity contribution >= 4 is 38.3 Å². The molecule has 5 rings (SSSR count). The number of aromatic nitrogens is 5. The normalized spacial score (nSPS) is 16.7. The number of nitrogens with one attached hydrogen (secondary N) is 1. The molecule has 152 valence electrons. The lowest BCUT2D eigenvalue weighted by Crippen LogP contribution is -2.40. The van der Waals surface area contributed by atoms with Crippen molar-refractivity contribution in [2.45, 2.75) is 12.8 Å². The quantitative estimate of drug-likeness (QED) is 0.542. The lowest BCUT2D eigenvalue weighted by molar-refractivity contribution is -0.120. The molecule has 3 heterocycles. The van der Waals surface area contributed by atoms with Crippen LogP contribution in [-0.2, 0) is 4.79 Å². The molecule has 1 amide bonds. The van der Waals surface area contributed by atoms with Crippen molar-refractivity contribution in [3.8, 4) is 5.69 Å². The number of fused-ring (bicyclic) bond motifs is 1. The van der Waals surface area contributed by atoms with Crippen LogP contribution in [0.5, 0.6) is 0 Å². The molecule has 1 atom stereocenters. The molecule has 1 N–H and O–H groups in total. The van der Waals surface area contributed by atoms with Crippen molar-refractivity contribution in [1.29, 1.82) is 0 Å². The van der Waals surface area contributed by atoms with E-state index in [-0.39, 0.29) is 17.6 Å². The molecule has 0 spiro atoms. The van der Waals surface area contributed by atoms with Gasteiger partial charge in [0.15, 0.2) is 5.13 Å². The number of tetrazole rings is 1. The minimum absolute atomic E-state index is 0.0120. The predicted octanol–water partition coefficient (Wildman–Crippen LogP) is 3.27. The van der Waals surface area contributed by atoms with Crippen molar-refractivity contribution in [3.05, 3.63) is 54.6 Å². The Balaban J connectivity index is 1.26. The molecule has 1 fully saturated rings. The molecule has 1 aliphatic heterocycles. The molecule has 0 saturated carbocycles. The number of piperidine rings is 1. The molecule has 4 aromatic rings. The minimum Gasteiger partial charge on any atom is -0.347 e. The Morgan fingerprint density at radius 2 is 2.07 bits per heavy atom. The van der Waals surface area contributed by atoms with E-state index in [9.17, 15) is 9.18 Å². The van der Waals surface area contributed by atoms with E-state index in [0.29, 0.717) is 6.54 Å². The van der Waals surface area contributed by atoms with Gasteiger partial charge in [-0.1, -0.05) is 11.3 Å². The Bertz CT molecular complexity index is 1180. The van der Waals surface area contributed by atoms with Crippen LogP contribution >= 0.6 is 11.3 Å². The Kier molecular flexibility index (Phi) is 4.83. The molecule has 1 unspecified atom stereocenters. The van der Waals surface area contributed by atoms with Crippen molar-refractivity contribution in [2.75, 3.05) is 23.3 Å². The van der Waals surface area contributed by atoms with Gasteiger partial charge in [0.2, 0.25) is 5.91 Å². The number of thiazole rings is 1. The number of benzene rings is 2. The summed E-state index contributed by atoms with van der Waals surface area (Å²) in [6.07, 6.45) is 3.24. The topological polar surface area (TPSA) is 88.8 Å². The molecule has 0 bridgehead atoms. The fraction of sp³-hybridized carbons (Fsp3) is 0.250. The highest BCUT2D eigenvalue weighted by Crippen LogP contribution is 2.32. The van der Waals surface area contributed by atoms with Gasteiger partial charge in [-0.05, 0) is 65.7 Å². The molecule has 1 aliphatic rings. The van der Waals surface area contributed by atoms with Crippen LogP contribution < -0.4 is 10.2 Å². The zero-order valence-corrected chi connectivity index (χ0v) is 16.7. The van der Waals surface area contributed by atoms with E-state index in [2.05, 4.69) is 30.7 Å². The van der Waals surface area contributed by atoms with Crippen LogP contribution in [0.2, 0.25) is 0 Å². The first-order chi connectivity index (χ1) is 14.7. The third-order valence-corrected chi connectivity index (χ3v) is 6.23. The van der Waals surface area contributed by atoms with Crippen molar-refractivity contribution in [1.82, 2.24) is 25.2 Å². The molecule has 10 heteroatoms. The first-order valence-corrected chi connectivity index (χ1v) is 10.4. The number of hydrogen-bond acceptors (Lipinski definition) is 7. The number of carbonyl (C=O) groups excluding carboxylic acids is 1. The third-order valence-electron chi connectivity index (χ3n) is 5.15. The van der Waals surface area contributed by atoms with Gasteiger partial charge in [0.25, 0.3) is 0 Å². The van der Waals surface area contributed by atoms with Gasteiger partial charge in [-0.3, -0.25) is 4.79 Å². The molecular weight excluding hydrogens is 405 g/mol. The number of amides is 1. The average Bonchev–Trinajstić information content (AvgIpc) is 3.44. The molecule has 0 radical (unpaired) electrons. The number of nitrogens with zero attached hydrogens (tertiary/aromatic N) is 6. The Morgan fingerprint density at radius 1 is 1.20 bits per heavy atom. The summed E-state index contributed by atoms with van der Waals surface area (Å²) in [5.74, 6) is -0.414. The van der Waals surface area contributed by atoms with Crippen molar-refractivity contribution in [2.24, 2.45) is 5.92 Å². The maximum Gasteiger partial charge on any atom is 0.229 e. The lowest BCUT2D eigenvalue weighted by Gasteiger charge is -2.31. The van der Waals surface area contributed by atoms with Crippen LogP contribution in [0.15, 0.2) is 48.8 Å². The monoisotopic (exact) mass is 423 g/mol. The Morgan fingerprint density at radius 3 is 2.87 bits per heavy atom. The largest absolute Gasteiger partial charge is 0.347 e. The van der Waals surface area contributed by atoms with Crippen molar-refractivity contribution in [3.63, 3.8) is 0 Å². The molecular formula is C20H18FN7OS. The van der Waals surface area contributed by atoms with E-state index in [4.69, 9.17) is 0 Å².